The van der Waals surface area contributed by atoms with Gasteiger partial charge in [0.05, 0.1) is 9.90 Å². The zero-order valence-corrected chi connectivity index (χ0v) is 6.82. The molecule has 2 N–H and O–H groups in total. The average Bonchev–Trinajstić information content (AvgIpc) is 2.14. The highest BCUT2D eigenvalue weighted by Crippen LogP contribution is 2.18. The van der Waals surface area contributed by atoms with Crippen molar-refractivity contribution >= 4 is 40.1 Å². The molecule has 0 bridgehead atoms. The summed E-state index contributed by atoms with van der Waals surface area (Å²) in [6.07, 6.45) is 0. The van der Waals surface area contributed by atoms with Crippen LogP contribution in [0.5, 0.6) is 0 Å². The van der Waals surface area contributed by atoms with Crippen molar-refractivity contribution in [1.29, 1.82) is 0 Å². The molecule has 4 heteroatoms. The van der Waals surface area contributed by atoms with Gasteiger partial charge in [0.15, 0.2) is 0 Å². The number of thiocarbonyl (C=S) groups is 1. The minimum atomic E-state index is 0.409. The summed E-state index contributed by atoms with van der Waals surface area (Å²) in [5.41, 5.74) is 5.31. The molecule has 0 radical (unpaired) electrons. The van der Waals surface area contributed by atoms with Gasteiger partial charge in [-0.3, -0.25) is 0 Å². The van der Waals surface area contributed by atoms with E-state index in [-0.39, 0.29) is 0 Å². The van der Waals surface area contributed by atoms with E-state index in [4.69, 9.17) is 29.6 Å². The fourth-order valence-corrected chi connectivity index (χ4v) is 1.57. The second kappa shape index (κ2) is 2.64. The van der Waals surface area contributed by atoms with Crippen molar-refractivity contribution in [2.45, 2.75) is 0 Å². The summed E-state index contributed by atoms with van der Waals surface area (Å²) in [6.45, 7) is 0. The van der Waals surface area contributed by atoms with Crippen molar-refractivity contribution in [2.75, 3.05) is 0 Å². The molecule has 0 aromatic carbocycles. The summed E-state index contributed by atoms with van der Waals surface area (Å²) in [5.74, 6) is 0. The molecule has 0 aliphatic heterocycles. The van der Waals surface area contributed by atoms with E-state index < -0.39 is 0 Å². The van der Waals surface area contributed by atoms with E-state index >= 15 is 0 Å². The van der Waals surface area contributed by atoms with Crippen molar-refractivity contribution in [3.8, 4) is 0 Å². The second-order valence-electron chi connectivity index (χ2n) is 1.49. The molecule has 1 aromatic rings. The third-order valence-corrected chi connectivity index (χ3v) is 2.47. The Labute approximate surface area is 67.4 Å². The second-order valence-corrected chi connectivity index (χ2v) is 3.28. The van der Waals surface area contributed by atoms with Gasteiger partial charge in [-0.15, -0.1) is 11.3 Å². The molecule has 0 aliphatic rings. The van der Waals surface area contributed by atoms with Crippen LogP contribution in [0.15, 0.2) is 11.4 Å². The number of rotatable bonds is 1. The first kappa shape index (κ1) is 6.99. The quantitative estimate of drug-likeness (QED) is 0.665. The van der Waals surface area contributed by atoms with Gasteiger partial charge in [-0.05, 0) is 6.07 Å². The lowest BCUT2D eigenvalue weighted by atomic mass is 10.5. The molecule has 1 aromatic heterocycles. The van der Waals surface area contributed by atoms with Gasteiger partial charge in [-0.1, -0.05) is 23.8 Å². The lowest BCUT2D eigenvalue weighted by molar-refractivity contribution is 1.79. The molecule has 1 rings (SSSR count). The minimum absolute atomic E-state index is 0.409. The molecule has 0 atom stereocenters. The van der Waals surface area contributed by atoms with Crippen molar-refractivity contribution in [1.82, 2.24) is 0 Å². The van der Waals surface area contributed by atoms with Gasteiger partial charge in [0.2, 0.25) is 0 Å². The van der Waals surface area contributed by atoms with Gasteiger partial charge in [0.1, 0.15) is 4.99 Å². The first-order valence-corrected chi connectivity index (χ1v) is 3.90. The Morgan fingerprint density at radius 3 is 2.67 bits per heavy atom. The standard InChI is InChI=1S/C5H4ClNS2/c6-3-1-4(5(7)8)9-2-3/h1-2H,(H2,7,8). The van der Waals surface area contributed by atoms with Crippen molar-refractivity contribution in [3.05, 3.63) is 21.3 Å². The van der Waals surface area contributed by atoms with E-state index in [9.17, 15) is 0 Å². The average molecular weight is 178 g/mol. The van der Waals surface area contributed by atoms with Crippen LogP contribution in [-0.2, 0) is 0 Å². The van der Waals surface area contributed by atoms with E-state index in [0.717, 1.165) is 4.88 Å². The molecule has 0 unspecified atom stereocenters. The molecule has 0 fully saturated rings. The van der Waals surface area contributed by atoms with Crippen LogP contribution < -0.4 is 5.73 Å². The van der Waals surface area contributed by atoms with Gasteiger partial charge in [0.25, 0.3) is 0 Å². The van der Waals surface area contributed by atoms with Crippen molar-refractivity contribution in [2.24, 2.45) is 5.73 Å². The SMILES string of the molecule is NC(=S)c1cc(Cl)cs1. The molecular formula is C5H4ClNS2. The Morgan fingerprint density at radius 2 is 2.44 bits per heavy atom. The van der Waals surface area contributed by atoms with Crippen LogP contribution >= 0.6 is 35.2 Å². The highest BCUT2D eigenvalue weighted by atomic mass is 35.5. The molecule has 1 heterocycles. The predicted octanol–water partition coefficient (Wildman–Crippen LogP) is 2.04. The first-order chi connectivity index (χ1) is 4.20. The summed E-state index contributed by atoms with van der Waals surface area (Å²) in [7, 11) is 0. The Balaban J connectivity index is 2.98. The van der Waals surface area contributed by atoms with Crippen molar-refractivity contribution in [3.63, 3.8) is 0 Å². The number of hydrogen-bond donors (Lipinski definition) is 1. The summed E-state index contributed by atoms with van der Waals surface area (Å²) < 4.78 is 0. The summed E-state index contributed by atoms with van der Waals surface area (Å²) in [5, 5.41) is 2.50. The zero-order chi connectivity index (χ0) is 6.85. The third-order valence-electron chi connectivity index (χ3n) is 0.810. The number of thiophene rings is 1. The largest absolute Gasteiger partial charge is 0.389 e. The molecule has 48 valence electrons. The lowest BCUT2D eigenvalue weighted by Crippen LogP contribution is -2.06. The summed E-state index contributed by atoms with van der Waals surface area (Å²) >= 11 is 11.8. The highest BCUT2D eigenvalue weighted by molar-refractivity contribution is 7.81. The minimum Gasteiger partial charge on any atom is -0.389 e. The van der Waals surface area contributed by atoms with E-state index in [1.165, 1.54) is 11.3 Å². The molecule has 0 spiro atoms. The molecule has 0 saturated carbocycles. The van der Waals surface area contributed by atoms with Crippen LogP contribution in [-0.4, -0.2) is 4.99 Å². The lowest BCUT2D eigenvalue weighted by Gasteiger charge is -1.85. The Bertz CT molecular complexity index is 231. The monoisotopic (exact) mass is 177 g/mol. The van der Waals surface area contributed by atoms with E-state index in [0.29, 0.717) is 10.0 Å². The zero-order valence-electron chi connectivity index (χ0n) is 4.43. The molecule has 0 amide bonds. The van der Waals surface area contributed by atoms with Crippen LogP contribution in [0, 0.1) is 0 Å². The van der Waals surface area contributed by atoms with E-state index in [2.05, 4.69) is 0 Å². The number of nitrogens with two attached hydrogens (primary N) is 1. The Morgan fingerprint density at radius 1 is 1.78 bits per heavy atom. The van der Waals surface area contributed by atoms with E-state index in [1.807, 2.05) is 0 Å². The Kier molecular flexibility index (Phi) is 2.05. The normalized spacial score (nSPS) is 9.44. The summed E-state index contributed by atoms with van der Waals surface area (Å²) in [4.78, 5) is 1.28. The van der Waals surface area contributed by atoms with Gasteiger partial charge in [-0.25, -0.2) is 0 Å². The van der Waals surface area contributed by atoms with Crippen LogP contribution in [0.2, 0.25) is 5.02 Å². The van der Waals surface area contributed by atoms with Gasteiger partial charge in [0, 0.05) is 5.38 Å². The number of halogens is 1. The Hall–Kier alpha value is -0.120. The topological polar surface area (TPSA) is 26.0 Å². The molecule has 1 nitrogen and oxygen atoms in total. The fourth-order valence-electron chi connectivity index (χ4n) is 0.442. The number of hydrogen-bond acceptors (Lipinski definition) is 2. The smallest absolute Gasteiger partial charge is 0.114 e. The molecular weight excluding hydrogens is 174 g/mol. The maximum Gasteiger partial charge on any atom is 0.114 e. The first-order valence-electron chi connectivity index (χ1n) is 2.24. The van der Waals surface area contributed by atoms with Crippen LogP contribution in [0.3, 0.4) is 0 Å². The fraction of sp³-hybridized carbons (Fsp3) is 0. The van der Waals surface area contributed by atoms with Crippen LogP contribution in [0.1, 0.15) is 4.88 Å². The maximum absolute atomic E-state index is 5.60. The van der Waals surface area contributed by atoms with Gasteiger partial charge < -0.3 is 5.73 Å². The predicted molar refractivity (Wildman–Crippen MR) is 45.2 cm³/mol. The third kappa shape index (κ3) is 1.64. The summed E-state index contributed by atoms with van der Waals surface area (Å²) in [6, 6.07) is 1.76. The van der Waals surface area contributed by atoms with E-state index in [1.54, 1.807) is 11.4 Å². The van der Waals surface area contributed by atoms with Crippen LogP contribution in [0.25, 0.3) is 0 Å². The van der Waals surface area contributed by atoms with Gasteiger partial charge >= 0.3 is 0 Å². The van der Waals surface area contributed by atoms with Crippen molar-refractivity contribution < 1.29 is 0 Å². The van der Waals surface area contributed by atoms with Gasteiger partial charge in [-0.2, -0.15) is 0 Å². The van der Waals surface area contributed by atoms with Crippen LogP contribution in [0.4, 0.5) is 0 Å². The highest BCUT2D eigenvalue weighted by Gasteiger charge is 1.97. The maximum atomic E-state index is 5.60. The molecule has 0 aliphatic carbocycles. The molecule has 0 saturated heterocycles. The molecule has 9 heavy (non-hydrogen) atoms.